The maximum absolute atomic E-state index is 13.0. The molecule has 200 valence electrons. The van der Waals surface area contributed by atoms with Gasteiger partial charge < -0.3 is 19.1 Å². The molecule has 6 nitrogen and oxygen atoms in total. The molecule has 5 rings (SSSR count). The number of thiazole rings is 1. The van der Waals surface area contributed by atoms with Crippen LogP contribution in [-0.4, -0.2) is 20.6 Å². The molecular formula is C29H23F3N2O4S. The number of rotatable bonds is 9. The Morgan fingerprint density at radius 1 is 0.974 bits per heavy atom. The summed E-state index contributed by atoms with van der Waals surface area (Å²) in [5, 5.41) is 10.7. The average Bonchev–Trinajstić information content (AvgIpc) is 3.54. The normalized spacial score (nSPS) is 12.4. The molecule has 0 amide bonds. The summed E-state index contributed by atoms with van der Waals surface area (Å²) in [4.78, 5) is 16.8. The fourth-order valence-electron chi connectivity index (χ4n) is 4.04. The van der Waals surface area contributed by atoms with Gasteiger partial charge in [-0.3, -0.25) is 0 Å². The Hall–Kier alpha value is -4.31. The van der Waals surface area contributed by atoms with Crippen LogP contribution in [0.15, 0.2) is 85.1 Å². The molecule has 0 saturated carbocycles. The van der Waals surface area contributed by atoms with Crippen LogP contribution in [0.2, 0.25) is 0 Å². The van der Waals surface area contributed by atoms with Gasteiger partial charge in [-0.05, 0) is 55.5 Å². The molecule has 0 aliphatic carbocycles. The number of nitrogens with zero attached hydrogens (tertiary/aromatic N) is 2. The second kappa shape index (κ2) is 10.8. The quantitative estimate of drug-likeness (QED) is 0.204. The number of hydrogen-bond acceptors (Lipinski definition) is 5. The van der Waals surface area contributed by atoms with Crippen molar-refractivity contribution in [3.8, 4) is 22.1 Å². The van der Waals surface area contributed by atoms with Crippen LogP contribution in [0.5, 0.6) is 11.5 Å². The highest BCUT2D eigenvalue weighted by Gasteiger charge is 2.30. The number of fused-ring (bicyclic) bond motifs is 1. The molecule has 0 unspecified atom stereocenters. The summed E-state index contributed by atoms with van der Waals surface area (Å²) in [5.41, 5.74) is 1.24. The number of carbonyl (C=O) groups is 1. The van der Waals surface area contributed by atoms with E-state index in [4.69, 9.17) is 9.47 Å². The molecule has 2 heterocycles. The smallest absolute Gasteiger partial charge is 0.416 e. The highest BCUT2D eigenvalue weighted by Crippen LogP contribution is 2.34. The number of aromatic nitrogens is 2. The van der Waals surface area contributed by atoms with E-state index in [1.54, 1.807) is 23.8 Å². The van der Waals surface area contributed by atoms with Crippen molar-refractivity contribution in [1.82, 2.24) is 9.55 Å². The number of carboxylic acid groups (broad SMARTS) is 1. The van der Waals surface area contributed by atoms with E-state index < -0.39 is 23.8 Å². The fourth-order valence-corrected chi connectivity index (χ4v) is 5.02. The number of halogens is 3. The highest BCUT2D eigenvalue weighted by atomic mass is 32.1. The molecule has 39 heavy (non-hydrogen) atoms. The molecule has 0 radical (unpaired) electrons. The lowest BCUT2D eigenvalue weighted by atomic mass is 10.1. The van der Waals surface area contributed by atoms with Crippen molar-refractivity contribution >= 4 is 28.2 Å². The minimum Gasteiger partial charge on any atom is -0.488 e. The first kappa shape index (κ1) is 26.3. The van der Waals surface area contributed by atoms with Crippen LogP contribution in [0.4, 0.5) is 13.2 Å². The van der Waals surface area contributed by atoms with Crippen LogP contribution in [0, 0.1) is 0 Å². The summed E-state index contributed by atoms with van der Waals surface area (Å²) in [6.45, 7) is 1.95. The lowest BCUT2D eigenvalue weighted by Crippen LogP contribution is -2.14. The standard InChI is InChI=1S/C29H23F3N2O4S/c1-18(28(35)36)34-14-13-20-15-23(11-12-25(20)34)38-17-26-24(16-37-22-5-3-2-4-6-22)33-27(39-26)19-7-9-21(10-8-19)29(30,31)32/h2-15,18H,16-17H2,1H3,(H,35,36)/t18-/m0/s1. The topological polar surface area (TPSA) is 73.6 Å². The summed E-state index contributed by atoms with van der Waals surface area (Å²) < 4.78 is 52.7. The second-order valence-corrected chi connectivity index (χ2v) is 9.90. The summed E-state index contributed by atoms with van der Waals surface area (Å²) >= 11 is 1.33. The summed E-state index contributed by atoms with van der Waals surface area (Å²) in [5.74, 6) is 0.328. The van der Waals surface area contributed by atoms with Gasteiger partial charge in [-0.1, -0.05) is 30.3 Å². The van der Waals surface area contributed by atoms with E-state index in [9.17, 15) is 23.1 Å². The van der Waals surface area contributed by atoms with E-state index in [2.05, 4.69) is 4.98 Å². The summed E-state index contributed by atoms with van der Waals surface area (Å²) in [7, 11) is 0. The molecule has 0 saturated heterocycles. The van der Waals surface area contributed by atoms with E-state index >= 15 is 0 Å². The molecule has 1 atom stereocenters. The van der Waals surface area contributed by atoms with Gasteiger partial charge in [-0.25, -0.2) is 9.78 Å². The minimum absolute atomic E-state index is 0.162. The molecule has 0 fully saturated rings. The number of para-hydroxylation sites is 1. The van der Waals surface area contributed by atoms with E-state index in [1.807, 2.05) is 48.5 Å². The van der Waals surface area contributed by atoms with Crippen LogP contribution in [0.1, 0.15) is 29.1 Å². The number of alkyl halides is 3. The maximum Gasteiger partial charge on any atom is 0.416 e. The molecule has 5 aromatic rings. The van der Waals surface area contributed by atoms with Crippen molar-refractivity contribution in [1.29, 1.82) is 0 Å². The predicted molar refractivity (Wildman–Crippen MR) is 142 cm³/mol. The lowest BCUT2D eigenvalue weighted by molar-refractivity contribution is -0.140. The van der Waals surface area contributed by atoms with Gasteiger partial charge in [-0.15, -0.1) is 11.3 Å². The Labute approximate surface area is 225 Å². The van der Waals surface area contributed by atoms with Gasteiger partial charge in [0.15, 0.2) is 0 Å². The number of benzene rings is 3. The van der Waals surface area contributed by atoms with Gasteiger partial charge in [0, 0.05) is 22.7 Å². The number of hydrogen-bond donors (Lipinski definition) is 1. The lowest BCUT2D eigenvalue weighted by Gasteiger charge is -2.11. The fraction of sp³-hybridized carbons (Fsp3) is 0.172. The van der Waals surface area contributed by atoms with Crippen molar-refractivity contribution in [2.24, 2.45) is 0 Å². The first-order valence-corrected chi connectivity index (χ1v) is 12.8. The van der Waals surface area contributed by atoms with E-state index in [0.29, 0.717) is 27.8 Å². The zero-order valence-electron chi connectivity index (χ0n) is 20.7. The Morgan fingerprint density at radius 2 is 1.69 bits per heavy atom. The van der Waals surface area contributed by atoms with Crippen LogP contribution >= 0.6 is 11.3 Å². The van der Waals surface area contributed by atoms with Crippen molar-refractivity contribution in [3.63, 3.8) is 0 Å². The van der Waals surface area contributed by atoms with E-state index in [1.165, 1.54) is 23.5 Å². The molecular weight excluding hydrogens is 529 g/mol. The average molecular weight is 553 g/mol. The largest absolute Gasteiger partial charge is 0.488 e. The van der Waals surface area contributed by atoms with Crippen molar-refractivity contribution in [2.45, 2.75) is 32.4 Å². The molecule has 3 aromatic carbocycles. The molecule has 1 N–H and O–H groups in total. The van der Waals surface area contributed by atoms with Gasteiger partial charge in [-0.2, -0.15) is 13.2 Å². The number of carboxylic acids is 1. The Kier molecular flexibility index (Phi) is 7.30. The third-order valence-electron chi connectivity index (χ3n) is 6.19. The van der Waals surface area contributed by atoms with Crippen molar-refractivity contribution in [2.75, 3.05) is 0 Å². The van der Waals surface area contributed by atoms with Crippen LogP contribution in [0.25, 0.3) is 21.5 Å². The SMILES string of the molecule is C[C@@H](C(=O)O)n1ccc2cc(OCc3sc(-c4ccc(C(F)(F)F)cc4)nc3COc3ccccc3)ccc21. The van der Waals surface area contributed by atoms with Crippen LogP contribution in [0.3, 0.4) is 0 Å². The maximum atomic E-state index is 13.0. The van der Waals surface area contributed by atoms with Gasteiger partial charge >= 0.3 is 12.1 Å². The van der Waals surface area contributed by atoms with Gasteiger partial charge in [0.05, 0.1) is 16.1 Å². The van der Waals surface area contributed by atoms with Gasteiger partial charge in [0.1, 0.15) is 35.8 Å². The first-order chi connectivity index (χ1) is 18.7. The highest BCUT2D eigenvalue weighted by molar-refractivity contribution is 7.15. The van der Waals surface area contributed by atoms with Gasteiger partial charge in [0.25, 0.3) is 0 Å². The zero-order valence-corrected chi connectivity index (χ0v) is 21.5. The van der Waals surface area contributed by atoms with Crippen LogP contribution in [-0.2, 0) is 24.2 Å². The van der Waals surface area contributed by atoms with E-state index in [0.717, 1.165) is 27.9 Å². The monoisotopic (exact) mass is 552 g/mol. The van der Waals surface area contributed by atoms with Crippen LogP contribution < -0.4 is 9.47 Å². The second-order valence-electron chi connectivity index (χ2n) is 8.81. The third-order valence-corrected chi connectivity index (χ3v) is 7.31. The zero-order chi connectivity index (χ0) is 27.6. The number of aliphatic carboxylic acids is 1. The Balaban J connectivity index is 1.38. The molecule has 0 aliphatic heterocycles. The Morgan fingerprint density at radius 3 is 2.38 bits per heavy atom. The minimum atomic E-state index is -4.41. The predicted octanol–water partition coefficient (Wildman–Crippen LogP) is 7.59. The van der Waals surface area contributed by atoms with E-state index in [-0.39, 0.29) is 13.2 Å². The van der Waals surface area contributed by atoms with Crippen molar-refractivity contribution < 1.29 is 32.5 Å². The molecule has 2 aromatic heterocycles. The summed E-state index contributed by atoms with van der Waals surface area (Å²) in [6.07, 6.45) is -2.69. The molecule has 0 bridgehead atoms. The first-order valence-electron chi connectivity index (χ1n) is 12.0. The molecule has 10 heteroatoms. The summed E-state index contributed by atoms with van der Waals surface area (Å²) in [6, 6.07) is 20.7. The van der Waals surface area contributed by atoms with Crippen molar-refractivity contribution in [3.05, 3.63) is 101 Å². The molecule has 0 aliphatic rings. The third kappa shape index (κ3) is 5.91. The number of ether oxygens (including phenoxy) is 2. The Bertz CT molecular complexity index is 1590. The van der Waals surface area contributed by atoms with Gasteiger partial charge in [0.2, 0.25) is 0 Å². The molecule has 0 spiro atoms.